The minimum atomic E-state index is -3.73. The number of halogens is 2. The number of sulfonamides is 1. The summed E-state index contributed by atoms with van der Waals surface area (Å²) in [6.07, 6.45) is 2.13. The number of hydrogen-bond donors (Lipinski definition) is 2. The Morgan fingerprint density at radius 1 is 1.15 bits per heavy atom. The zero-order valence-electron chi connectivity index (χ0n) is 18.1. The molecule has 1 fully saturated rings. The highest BCUT2D eigenvalue weighted by molar-refractivity contribution is 7.92. The first kappa shape index (κ1) is 23.1. The van der Waals surface area contributed by atoms with Gasteiger partial charge in [-0.15, -0.1) is 0 Å². The number of benzene rings is 2. The van der Waals surface area contributed by atoms with Crippen LogP contribution in [0.4, 0.5) is 20.2 Å². The number of pyridine rings is 1. The van der Waals surface area contributed by atoms with Gasteiger partial charge in [-0.25, -0.2) is 17.2 Å². The van der Waals surface area contributed by atoms with Crippen LogP contribution in [0.3, 0.4) is 0 Å². The molecule has 0 bridgehead atoms. The highest BCUT2D eigenvalue weighted by Crippen LogP contribution is 2.26. The SMILES string of the molecule is CCCS(=O)(=O)Nc1cc(F)c(F)c(C(=O)c2ccc3ncc(N4CCNCC4)cc3c2)c1. The average Bonchev–Trinajstić information content (AvgIpc) is 2.80. The van der Waals surface area contributed by atoms with Crippen molar-refractivity contribution in [2.24, 2.45) is 0 Å². The minimum absolute atomic E-state index is 0.147. The number of aromatic nitrogens is 1. The second-order valence-corrected chi connectivity index (χ2v) is 9.75. The first-order valence-corrected chi connectivity index (χ1v) is 12.3. The molecule has 1 aliphatic heterocycles. The fourth-order valence-corrected chi connectivity index (χ4v) is 4.94. The van der Waals surface area contributed by atoms with Crippen molar-refractivity contribution in [1.82, 2.24) is 10.3 Å². The Balaban J connectivity index is 1.68. The molecule has 174 valence electrons. The Hall–Kier alpha value is -3.11. The maximum absolute atomic E-state index is 14.5. The van der Waals surface area contributed by atoms with E-state index < -0.39 is 33.0 Å². The number of anilines is 2. The Labute approximate surface area is 190 Å². The maximum atomic E-state index is 14.5. The summed E-state index contributed by atoms with van der Waals surface area (Å²) in [6.45, 7) is 5.06. The largest absolute Gasteiger partial charge is 0.368 e. The van der Waals surface area contributed by atoms with Gasteiger partial charge < -0.3 is 10.2 Å². The van der Waals surface area contributed by atoms with Crippen molar-refractivity contribution in [2.45, 2.75) is 13.3 Å². The van der Waals surface area contributed by atoms with E-state index >= 15 is 0 Å². The lowest BCUT2D eigenvalue weighted by Gasteiger charge is -2.29. The van der Waals surface area contributed by atoms with Gasteiger partial charge in [0.15, 0.2) is 17.4 Å². The van der Waals surface area contributed by atoms with Crippen molar-refractivity contribution in [3.8, 4) is 0 Å². The second kappa shape index (κ2) is 9.40. The van der Waals surface area contributed by atoms with Gasteiger partial charge in [0.25, 0.3) is 0 Å². The molecule has 0 spiro atoms. The van der Waals surface area contributed by atoms with E-state index in [-0.39, 0.29) is 17.0 Å². The number of carbonyl (C=O) groups excluding carboxylic acids is 1. The molecule has 1 saturated heterocycles. The van der Waals surface area contributed by atoms with Gasteiger partial charge in [-0.3, -0.25) is 14.5 Å². The molecule has 0 atom stereocenters. The van der Waals surface area contributed by atoms with Gasteiger partial charge in [-0.1, -0.05) is 6.92 Å². The zero-order chi connectivity index (χ0) is 23.6. The zero-order valence-corrected chi connectivity index (χ0v) is 18.9. The van der Waals surface area contributed by atoms with Gasteiger partial charge in [-0.05, 0) is 36.8 Å². The lowest BCUT2D eigenvalue weighted by molar-refractivity contribution is 0.103. The molecule has 0 unspecified atom stereocenters. The Morgan fingerprint density at radius 2 is 1.91 bits per heavy atom. The third-order valence-electron chi connectivity index (χ3n) is 5.43. The van der Waals surface area contributed by atoms with Crippen LogP contribution >= 0.6 is 0 Å². The maximum Gasteiger partial charge on any atom is 0.232 e. The van der Waals surface area contributed by atoms with Crippen LogP contribution in [0.1, 0.15) is 29.3 Å². The Bertz CT molecular complexity index is 1310. The molecule has 1 aromatic heterocycles. The molecule has 0 radical (unpaired) electrons. The lowest BCUT2D eigenvalue weighted by atomic mass is 10.00. The van der Waals surface area contributed by atoms with E-state index in [1.165, 1.54) is 6.07 Å². The number of carbonyl (C=O) groups is 1. The van der Waals surface area contributed by atoms with Crippen LogP contribution in [0.2, 0.25) is 0 Å². The van der Waals surface area contributed by atoms with E-state index in [1.54, 1.807) is 25.3 Å². The monoisotopic (exact) mass is 474 g/mol. The molecule has 3 aromatic rings. The quantitative estimate of drug-likeness (QED) is 0.511. The molecule has 10 heteroatoms. The van der Waals surface area contributed by atoms with Crippen molar-refractivity contribution in [1.29, 1.82) is 0 Å². The first-order chi connectivity index (χ1) is 15.8. The van der Waals surface area contributed by atoms with Crippen molar-refractivity contribution in [3.05, 3.63) is 65.4 Å². The van der Waals surface area contributed by atoms with E-state index in [9.17, 15) is 22.0 Å². The molecule has 4 rings (SSSR count). The van der Waals surface area contributed by atoms with Crippen molar-refractivity contribution >= 4 is 38.1 Å². The smallest absolute Gasteiger partial charge is 0.232 e. The standard InChI is InChI=1S/C23H24F2N4O3S/c1-2-9-33(31,32)28-17-12-19(22(25)20(24)13-17)23(30)15-3-4-21-16(10-15)11-18(14-27-21)29-7-5-26-6-8-29/h3-4,10-14,26,28H,2,5-9H2,1H3. The van der Waals surface area contributed by atoms with Crippen LogP contribution in [-0.2, 0) is 10.0 Å². The predicted octanol–water partition coefficient (Wildman–Crippen LogP) is 3.31. The second-order valence-electron chi connectivity index (χ2n) is 7.91. The van der Waals surface area contributed by atoms with Crippen LogP contribution in [0, 0.1) is 11.6 Å². The molecule has 2 aromatic carbocycles. The predicted molar refractivity (Wildman–Crippen MR) is 124 cm³/mol. The number of nitrogens with zero attached hydrogens (tertiary/aromatic N) is 2. The van der Waals surface area contributed by atoms with Crippen molar-refractivity contribution in [3.63, 3.8) is 0 Å². The Kier molecular flexibility index (Phi) is 6.57. The fourth-order valence-electron chi connectivity index (χ4n) is 3.83. The first-order valence-electron chi connectivity index (χ1n) is 10.7. The number of rotatable bonds is 7. The molecule has 0 amide bonds. The topological polar surface area (TPSA) is 91.4 Å². The summed E-state index contributed by atoms with van der Waals surface area (Å²) in [7, 11) is -3.73. The summed E-state index contributed by atoms with van der Waals surface area (Å²) in [5.74, 6) is -3.57. The highest BCUT2D eigenvalue weighted by Gasteiger charge is 2.21. The van der Waals surface area contributed by atoms with E-state index in [2.05, 4.69) is 19.9 Å². The van der Waals surface area contributed by atoms with Gasteiger partial charge in [0.2, 0.25) is 10.0 Å². The van der Waals surface area contributed by atoms with E-state index in [4.69, 9.17) is 0 Å². The molecular weight excluding hydrogens is 450 g/mol. The van der Waals surface area contributed by atoms with Crippen LogP contribution in [0.5, 0.6) is 0 Å². The van der Waals surface area contributed by atoms with Gasteiger partial charge in [0.05, 0.1) is 34.4 Å². The average molecular weight is 475 g/mol. The van der Waals surface area contributed by atoms with Crippen LogP contribution in [0.15, 0.2) is 42.6 Å². The Morgan fingerprint density at radius 3 is 2.64 bits per heavy atom. The molecule has 33 heavy (non-hydrogen) atoms. The fraction of sp³-hybridized carbons (Fsp3) is 0.304. The number of fused-ring (bicyclic) bond motifs is 1. The van der Waals surface area contributed by atoms with Gasteiger partial charge in [0.1, 0.15) is 0 Å². The summed E-state index contributed by atoms with van der Waals surface area (Å²) >= 11 is 0. The van der Waals surface area contributed by atoms with Crippen molar-refractivity contribution in [2.75, 3.05) is 41.6 Å². The van der Waals surface area contributed by atoms with E-state index in [1.807, 2.05) is 6.07 Å². The molecule has 0 saturated carbocycles. The van der Waals surface area contributed by atoms with E-state index in [0.717, 1.165) is 44.0 Å². The summed E-state index contributed by atoms with van der Waals surface area (Å²) in [4.78, 5) is 19.7. The lowest BCUT2D eigenvalue weighted by Crippen LogP contribution is -2.43. The third kappa shape index (κ3) is 5.12. The van der Waals surface area contributed by atoms with E-state index in [0.29, 0.717) is 17.3 Å². The molecular formula is C23H24F2N4O3S. The normalized spacial score (nSPS) is 14.5. The van der Waals surface area contributed by atoms with Gasteiger partial charge in [0, 0.05) is 43.2 Å². The number of nitrogens with one attached hydrogen (secondary N) is 2. The summed E-state index contributed by atoms with van der Waals surface area (Å²) in [6, 6.07) is 8.38. The van der Waals surface area contributed by atoms with Gasteiger partial charge >= 0.3 is 0 Å². The number of ketones is 1. The molecule has 1 aliphatic rings. The summed E-state index contributed by atoms with van der Waals surface area (Å²) in [5, 5.41) is 3.98. The molecule has 7 nitrogen and oxygen atoms in total. The van der Waals surface area contributed by atoms with Crippen molar-refractivity contribution < 1.29 is 22.0 Å². The minimum Gasteiger partial charge on any atom is -0.368 e. The van der Waals surface area contributed by atoms with Gasteiger partial charge in [-0.2, -0.15) is 0 Å². The highest BCUT2D eigenvalue weighted by atomic mass is 32.2. The van der Waals surface area contributed by atoms with Crippen LogP contribution in [0.25, 0.3) is 10.9 Å². The van der Waals surface area contributed by atoms with Crippen LogP contribution < -0.4 is 14.9 Å². The molecule has 2 heterocycles. The number of piperazine rings is 1. The summed E-state index contributed by atoms with van der Waals surface area (Å²) in [5.41, 5.74) is 0.980. The van der Waals surface area contributed by atoms with Crippen LogP contribution in [-0.4, -0.2) is 51.1 Å². The molecule has 0 aliphatic carbocycles. The molecule has 2 N–H and O–H groups in total. The number of hydrogen-bond acceptors (Lipinski definition) is 6. The third-order valence-corrected chi connectivity index (χ3v) is 6.92. The summed E-state index contributed by atoms with van der Waals surface area (Å²) < 4.78 is 55.0.